The molecule has 0 aromatic carbocycles. The SMILES string of the molecule is CC1CCC(O)(CNc2snc(N)c2C2CC2)CC1. The van der Waals surface area contributed by atoms with Crippen LogP contribution in [0.5, 0.6) is 0 Å². The van der Waals surface area contributed by atoms with E-state index in [1.807, 2.05) is 0 Å². The predicted molar refractivity (Wildman–Crippen MR) is 79.6 cm³/mol. The molecule has 4 N–H and O–H groups in total. The lowest BCUT2D eigenvalue weighted by Gasteiger charge is -2.35. The lowest BCUT2D eigenvalue weighted by molar-refractivity contribution is 0.00506. The molecule has 0 spiro atoms. The van der Waals surface area contributed by atoms with Crippen LogP contribution >= 0.6 is 11.5 Å². The van der Waals surface area contributed by atoms with Gasteiger partial charge >= 0.3 is 0 Å². The normalized spacial score (nSPS) is 31.4. The molecule has 0 bridgehead atoms. The van der Waals surface area contributed by atoms with Gasteiger partial charge in [-0.1, -0.05) is 6.92 Å². The van der Waals surface area contributed by atoms with E-state index in [4.69, 9.17) is 5.73 Å². The number of hydrogen-bond donors (Lipinski definition) is 3. The van der Waals surface area contributed by atoms with Gasteiger partial charge in [0.05, 0.1) is 5.60 Å². The van der Waals surface area contributed by atoms with Crippen LogP contribution in [0.25, 0.3) is 0 Å². The lowest BCUT2D eigenvalue weighted by atomic mass is 9.79. The van der Waals surface area contributed by atoms with Gasteiger partial charge in [0.15, 0.2) is 0 Å². The number of hydrogen-bond acceptors (Lipinski definition) is 5. The molecule has 1 aromatic heterocycles. The smallest absolute Gasteiger partial charge is 0.142 e. The molecule has 4 nitrogen and oxygen atoms in total. The zero-order chi connectivity index (χ0) is 13.5. The largest absolute Gasteiger partial charge is 0.388 e. The number of rotatable bonds is 4. The Morgan fingerprint density at radius 3 is 2.68 bits per heavy atom. The number of nitrogen functional groups attached to an aromatic ring is 1. The van der Waals surface area contributed by atoms with Crippen molar-refractivity contribution in [1.82, 2.24) is 4.37 Å². The first kappa shape index (κ1) is 13.2. The standard InChI is InChI=1S/C14H23N3OS/c1-9-4-6-14(18,7-5-9)8-16-13-11(10-2-3-10)12(15)17-19-13/h9-10,16,18H,2-8H2,1H3,(H2,15,17). The second-order valence-electron chi connectivity index (χ2n) is 6.35. The van der Waals surface area contributed by atoms with Gasteiger partial charge in [-0.25, -0.2) is 0 Å². The highest BCUT2D eigenvalue weighted by Crippen LogP contribution is 2.47. The Morgan fingerprint density at radius 1 is 1.37 bits per heavy atom. The quantitative estimate of drug-likeness (QED) is 0.793. The van der Waals surface area contributed by atoms with Crippen molar-refractivity contribution in [2.24, 2.45) is 5.92 Å². The van der Waals surface area contributed by atoms with Crippen LogP contribution in [0.15, 0.2) is 0 Å². The minimum atomic E-state index is -0.550. The van der Waals surface area contributed by atoms with E-state index in [1.165, 1.54) is 29.9 Å². The van der Waals surface area contributed by atoms with Crippen LogP contribution in [-0.2, 0) is 0 Å². The van der Waals surface area contributed by atoms with E-state index < -0.39 is 5.60 Å². The van der Waals surface area contributed by atoms with E-state index in [0.717, 1.165) is 36.6 Å². The van der Waals surface area contributed by atoms with Crippen molar-refractivity contribution in [3.05, 3.63) is 5.56 Å². The zero-order valence-electron chi connectivity index (χ0n) is 11.5. The van der Waals surface area contributed by atoms with Crippen molar-refractivity contribution in [2.45, 2.75) is 57.0 Å². The number of nitrogens with one attached hydrogen (secondary N) is 1. The molecule has 2 fully saturated rings. The van der Waals surface area contributed by atoms with Gasteiger partial charge in [-0.3, -0.25) is 0 Å². The number of anilines is 2. The average Bonchev–Trinajstić information content (AvgIpc) is 3.15. The second kappa shape index (κ2) is 4.94. The molecular weight excluding hydrogens is 258 g/mol. The summed E-state index contributed by atoms with van der Waals surface area (Å²) in [6.45, 7) is 2.89. The third kappa shape index (κ3) is 2.87. The number of aliphatic hydroxyl groups is 1. The molecule has 0 radical (unpaired) electrons. The van der Waals surface area contributed by atoms with Crippen LogP contribution in [0.3, 0.4) is 0 Å². The molecule has 5 heteroatoms. The minimum Gasteiger partial charge on any atom is -0.388 e. The van der Waals surface area contributed by atoms with Gasteiger partial charge in [0.2, 0.25) is 0 Å². The van der Waals surface area contributed by atoms with Crippen LogP contribution in [-0.4, -0.2) is 21.6 Å². The third-order valence-corrected chi connectivity index (χ3v) is 5.36. The first-order chi connectivity index (χ1) is 9.07. The summed E-state index contributed by atoms with van der Waals surface area (Å²) in [6, 6.07) is 0. The van der Waals surface area contributed by atoms with E-state index in [2.05, 4.69) is 16.6 Å². The Kier molecular flexibility index (Phi) is 3.43. The maximum Gasteiger partial charge on any atom is 0.142 e. The van der Waals surface area contributed by atoms with Crippen molar-refractivity contribution in [2.75, 3.05) is 17.6 Å². The van der Waals surface area contributed by atoms with Gasteiger partial charge in [-0.05, 0) is 61.9 Å². The predicted octanol–water partition coefficient (Wildman–Crippen LogP) is 2.96. The third-order valence-electron chi connectivity index (χ3n) is 4.52. The molecule has 0 atom stereocenters. The van der Waals surface area contributed by atoms with E-state index >= 15 is 0 Å². The maximum atomic E-state index is 10.6. The molecule has 1 aromatic rings. The summed E-state index contributed by atoms with van der Waals surface area (Å²) in [6.07, 6.45) is 6.48. The minimum absolute atomic E-state index is 0.550. The Balaban J connectivity index is 1.63. The van der Waals surface area contributed by atoms with Gasteiger partial charge in [0.25, 0.3) is 0 Å². The van der Waals surface area contributed by atoms with Crippen molar-refractivity contribution in [3.8, 4) is 0 Å². The number of aromatic nitrogens is 1. The first-order valence-corrected chi connectivity index (χ1v) is 8.06. The molecule has 2 saturated carbocycles. The van der Waals surface area contributed by atoms with Crippen molar-refractivity contribution in [3.63, 3.8) is 0 Å². The fourth-order valence-electron chi connectivity index (χ4n) is 2.92. The summed E-state index contributed by atoms with van der Waals surface area (Å²) in [5.41, 5.74) is 6.58. The molecule has 106 valence electrons. The molecule has 19 heavy (non-hydrogen) atoms. The Morgan fingerprint density at radius 2 is 2.05 bits per heavy atom. The molecular formula is C14H23N3OS. The summed E-state index contributed by atoms with van der Waals surface area (Å²) >= 11 is 1.44. The van der Waals surface area contributed by atoms with Gasteiger partial charge in [-0.2, -0.15) is 4.37 Å². The van der Waals surface area contributed by atoms with Crippen molar-refractivity contribution >= 4 is 22.4 Å². The number of nitrogens with zero attached hydrogens (tertiary/aromatic N) is 1. The Bertz CT molecular complexity index is 448. The highest BCUT2D eigenvalue weighted by molar-refractivity contribution is 7.10. The van der Waals surface area contributed by atoms with Gasteiger partial charge in [-0.15, -0.1) is 0 Å². The summed E-state index contributed by atoms with van der Waals surface area (Å²) < 4.78 is 4.25. The van der Waals surface area contributed by atoms with Gasteiger partial charge < -0.3 is 16.2 Å². The maximum absolute atomic E-state index is 10.6. The van der Waals surface area contributed by atoms with E-state index in [9.17, 15) is 5.11 Å². The van der Waals surface area contributed by atoms with E-state index in [1.54, 1.807) is 0 Å². The fraction of sp³-hybridized carbons (Fsp3) is 0.786. The lowest BCUT2D eigenvalue weighted by Crippen LogP contribution is -2.40. The first-order valence-electron chi connectivity index (χ1n) is 7.29. The molecule has 0 unspecified atom stereocenters. The summed E-state index contributed by atoms with van der Waals surface area (Å²) in [7, 11) is 0. The number of nitrogens with two attached hydrogens (primary N) is 1. The Labute approximate surface area is 118 Å². The van der Waals surface area contributed by atoms with Crippen LogP contribution in [0.4, 0.5) is 10.8 Å². The second-order valence-corrected chi connectivity index (χ2v) is 7.12. The summed E-state index contributed by atoms with van der Waals surface area (Å²) in [4.78, 5) is 0. The van der Waals surface area contributed by atoms with Crippen molar-refractivity contribution < 1.29 is 5.11 Å². The zero-order valence-corrected chi connectivity index (χ0v) is 12.3. The average molecular weight is 281 g/mol. The summed E-state index contributed by atoms with van der Waals surface area (Å²) in [5, 5.41) is 15.1. The fourth-order valence-corrected chi connectivity index (χ4v) is 3.72. The van der Waals surface area contributed by atoms with Crippen LogP contribution in [0.2, 0.25) is 0 Å². The van der Waals surface area contributed by atoms with Crippen LogP contribution < -0.4 is 11.1 Å². The van der Waals surface area contributed by atoms with Crippen molar-refractivity contribution in [1.29, 1.82) is 0 Å². The molecule has 1 heterocycles. The highest BCUT2D eigenvalue weighted by Gasteiger charge is 2.34. The molecule has 0 saturated heterocycles. The highest BCUT2D eigenvalue weighted by atomic mass is 32.1. The van der Waals surface area contributed by atoms with Crippen LogP contribution in [0.1, 0.15) is 56.9 Å². The Hall–Kier alpha value is -0.810. The topological polar surface area (TPSA) is 71.2 Å². The summed E-state index contributed by atoms with van der Waals surface area (Å²) in [5.74, 6) is 2.03. The molecule has 3 rings (SSSR count). The molecule has 2 aliphatic rings. The molecule has 2 aliphatic carbocycles. The molecule has 0 amide bonds. The molecule has 0 aliphatic heterocycles. The van der Waals surface area contributed by atoms with E-state index in [-0.39, 0.29) is 0 Å². The van der Waals surface area contributed by atoms with Crippen LogP contribution in [0, 0.1) is 5.92 Å². The van der Waals surface area contributed by atoms with Gasteiger partial charge in [0, 0.05) is 12.1 Å². The van der Waals surface area contributed by atoms with E-state index in [0.29, 0.717) is 18.3 Å². The monoisotopic (exact) mass is 281 g/mol. The van der Waals surface area contributed by atoms with Gasteiger partial charge in [0.1, 0.15) is 10.8 Å².